The van der Waals surface area contributed by atoms with Crippen molar-refractivity contribution in [1.29, 1.82) is 0 Å². The molecular weight excluding hydrogens is 413 g/mol. The molecule has 144 valence electrons. The summed E-state index contributed by atoms with van der Waals surface area (Å²) in [6.07, 6.45) is 9.32. The molecule has 7 nitrogen and oxygen atoms in total. The van der Waals surface area contributed by atoms with E-state index in [4.69, 9.17) is 23.2 Å². The lowest BCUT2D eigenvalue weighted by atomic mass is 10.1. The minimum absolute atomic E-state index is 0.138. The number of halogens is 2. The summed E-state index contributed by atoms with van der Waals surface area (Å²) in [5, 5.41) is 3.32. The standard InChI is InChI=1S/C20H13Cl2N5O2/c21-15-8-24-9-16(22)17(15)26-20(29)18(28)14-11-27(10-12-3-1-5-23-7-12)19-13(14)4-2-6-25-19/h1-9,11H,10H2,(H,24,26,29). The second-order valence-electron chi connectivity index (χ2n) is 6.17. The van der Waals surface area contributed by atoms with Gasteiger partial charge in [-0.1, -0.05) is 29.3 Å². The number of aromatic nitrogens is 4. The quantitative estimate of drug-likeness (QED) is 0.385. The van der Waals surface area contributed by atoms with Crippen LogP contribution in [0.4, 0.5) is 5.69 Å². The van der Waals surface area contributed by atoms with Crippen LogP contribution in [-0.4, -0.2) is 31.2 Å². The number of nitrogens with one attached hydrogen (secondary N) is 1. The first-order valence-corrected chi connectivity index (χ1v) is 9.27. The molecule has 0 saturated carbocycles. The van der Waals surface area contributed by atoms with Crippen molar-refractivity contribution in [1.82, 2.24) is 19.5 Å². The van der Waals surface area contributed by atoms with Gasteiger partial charge in [0, 0.05) is 42.6 Å². The first kappa shape index (κ1) is 19.0. The number of rotatable bonds is 5. The van der Waals surface area contributed by atoms with Crippen LogP contribution in [0.3, 0.4) is 0 Å². The highest BCUT2D eigenvalue weighted by molar-refractivity contribution is 6.50. The summed E-state index contributed by atoms with van der Waals surface area (Å²) in [7, 11) is 0. The predicted octanol–water partition coefficient (Wildman–Crippen LogP) is 4.00. The van der Waals surface area contributed by atoms with Crippen molar-refractivity contribution in [2.75, 3.05) is 5.32 Å². The van der Waals surface area contributed by atoms with Gasteiger partial charge < -0.3 is 9.88 Å². The minimum Gasteiger partial charge on any atom is -0.327 e. The van der Waals surface area contributed by atoms with Gasteiger partial charge in [0.25, 0.3) is 11.7 Å². The molecule has 4 rings (SSSR count). The van der Waals surface area contributed by atoms with Gasteiger partial charge >= 0.3 is 0 Å². The van der Waals surface area contributed by atoms with Gasteiger partial charge in [0.2, 0.25) is 0 Å². The van der Waals surface area contributed by atoms with Crippen LogP contribution in [0.15, 0.2) is 61.4 Å². The van der Waals surface area contributed by atoms with Crippen LogP contribution in [0, 0.1) is 0 Å². The number of ketones is 1. The first-order chi connectivity index (χ1) is 14.0. The fourth-order valence-electron chi connectivity index (χ4n) is 2.94. The Bertz CT molecular complexity index is 1200. The summed E-state index contributed by atoms with van der Waals surface area (Å²) >= 11 is 12.0. The van der Waals surface area contributed by atoms with Crippen LogP contribution in [0.2, 0.25) is 10.0 Å². The van der Waals surface area contributed by atoms with Crippen molar-refractivity contribution in [3.8, 4) is 0 Å². The van der Waals surface area contributed by atoms with Gasteiger partial charge in [-0.3, -0.25) is 19.6 Å². The maximum Gasteiger partial charge on any atom is 0.296 e. The Kier molecular flexibility index (Phi) is 5.24. The van der Waals surface area contributed by atoms with Gasteiger partial charge in [-0.2, -0.15) is 0 Å². The molecule has 4 aromatic heterocycles. The van der Waals surface area contributed by atoms with E-state index in [9.17, 15) is 9.59 Å². The summed E-state index contributed by atoms with van der Waals surface area (Å²) in [5.41, 5.74) is 1.90. The number of amides is 1. The fraction of sp³-hybridized carbons (Fsp3) is 0.0500. The van der Waals surface area contributed by atoms with Crippen molar-refractivity contribution in [2.24, 2.45) is 0 Å². The van der Waals surface area contributed by atoms with E-state index >= 15 is 0 Å². The summed E-state index contributed by atoms with van der Waals surface area (Å²) in [6.45, 7) is 0.457. The number of fused-ring (bicyclic) bond motifs is 1. The molecule has 4 aromatic rings. The lowest BCUT2D eigenvalue weighted by Crippen LogP contribution is -2.23. The molecule has 9 heteroatoms. The summed E-state index contributed by atoms with van der Waals surface area (Å²) in [4.78, 5) is 37.8. The van der Waals surface area contributed by atoms with Crippen molar-refractivity contribution in [3.63, 3.8) is 0 Å². The molecule has 4 heterocycles. The molecule has 0 bridgehead atoms. The number of pyridine rings is 3. The number of carbonyl (C=O) groups excluding carboxylic acids is 2. The van der Waals surface area contributed by atoms with Crippen LogP contribution in [-0.2, 0) is 11.3 Å². The first-order valence-electron chi connectivity index (χ1n) is 8.52. The Balaban J connectivity index is 1.68. The van der Waals surface area contributed by atoms with Crippen molar-refractivity contribution in [2.45, 2.75) is 6.54 Å². The Hall–Kier alpha value is -3.29. The van der Waals surface area contributed by atoms with Gasteiger partial charge in [-0.15, -0.1) is 0 Å². The lowest BCUT2D eigenvalue weighted by Gasteiger charge is -2.07. The summed E-state index contributed by atoms with van der Waals surface area (Å²) < 4.78 is 1.80. The molecule has 0 aliphatic carbocycles. The van der Waals surface area contributed by atoms with Gasteiger partial charge in [0.1, 0.15) is 5.65 Å². The van der Waals surface area contributed by atoms with E-state index in [1.165, 1.54) is 12.4 Å². The molecule has 0 aliphatic rings. The van der Waals surface area contributed by atoms with Gasteiger partial charge in [-0.25, -0.2) is 4.98 Å². The van der Waals surface area contributed by atoms with Gasteiger partial charge in [0.05, 0.1) is 27.8 Å². The number of nitrogens with zero attached hydrogens (tertiary/aromatic N) is 4. The molecule has 29 heavy (non-hydrogen) atoms. The van der Waals surface area contributed by atoms with Crippen LogP contribution in [0.25, 0.3) is 11.0 Å². The molecule has 1 amide bonds. The Morgan fingerprint density at radius 2 is 1.76 bits per heavy atom. The fourth-order valence-corrected chi connectivity index (χ4v) is 3.39. The van der Waals surface area contributed by atoms with E-state index in [-0.39, 0.29) is 21.3 Å². The highest BCUT2D eigenvalue weighted by atomic mass is 35.5. The third kappa shape index (κ3) is 3.83. The second-order valence-corrected chi connectivity index (χ2v) is 6.98. The molecule has 0 radical (unpaired) electrons. The summed E-state index contributed by atoms with van der Waals surface area (Å²) in [5.74, 6) is -1.58. The largest absolute Gasteiger partial charge is 0.327 e. The smallest absolute Gasteiger partial charge is 0.296 e. The molecule has 0 atom stereocenters. The topological polar surface area (TPSA) is 89.8 Å². The van der Waals surface area contributed by atoms with Crippen LogP contribution in [0.1, 0.15) is 15.9 Å². The van der Waals surface area contributed by atoms with E-state index in [1.807, 2.05) is 12.1 Å². The van der Waals surface area contributed by atoms with Crippen LogP contribution >= 0.6 is 23.2 Å². The van der Waals surface area contributed by atoms with Crippen LogP contribution in [0.5, 0.6) is 0 Å². The molecule has 0 aromatic carbocycles. The third-order valence-corrected chi connectivity index (χ3v) is 4.83. The monoisotopic (exact) mass is 425 g/mol. The Morgan fingerprint density at radius 3 is 2.48 bits per heavy atom. The molecular formula is C20H13Cl2N5O2. The normalized spacial score (nSPS) is 10.8. The lowest BCUT2D eigenvalue weighted by molar-refractivity contribution is -0.112. The predicted molar refractivity (Wildman–Crippen MR) is 110 cm³/mol. The molecule has 0 unspecified atom stereocenters. The molecule has 0 aliphatic heterocycles. The average Bonchev–Trinajstić information content (AvgIpc) is 3.09. The van der Waals surface area contributed by atoms with Crippen LogP contribution < -0.4 is 5.32 Å². The zero-order chi connectivity index (χ0) is 20.4. The number of hydrogen-bond acceptors (Lipinski definition) is 5. The SMILES string of the molecule is O=C(Nc1c(Cl)cncc1Cl)C(=O)c1cn(Cc2cccnc2)c2ncccc12. The van der Waals surface area contributed by atoms with Gasteiger partial charge in [-0.05, 0) is 23.8 Å². The van der Waals surface area contributed by atoms with Crippen molar-refractivity contribution >= 4 is 51.6 Å². The van der Waals surface area contributed by atoms with Gasteiger partial charge in [0.15, 0.2) is 0 Å². The highest BCUT2D eigenvalue weighted by Gasteiger charge is 2.23. The maximum atomic E-state index is 12.9. The zero-order valence-electron chi connectivity index (χ0n) is 14.8. The Morgan fingerprint density at radius 1 is 1.00 bits per heavy atom. The molecule has 0 spiro atoms. The minimum atomic E-state index is -0.857. The van der Waals surface area contributed by atoms with E-state index in [2.05, 4.69) is 20.3 Å². The Labute approximate surface area is 175 Å². The number of Topliss-reactive ketones (excluding diaryl/α,β-unsaturated/α-hetero) is 1. The molecule has 0 saturated heterocycles. The second kappa shape index (κ2) is 7.98. The van der Waals surface area contributed by atoms with Crippen molar-refractivity contribution < 1.29 is 9.59 Å². The summed E-state index contributed by atoms with van der Waals surface area (Å²) in [6, 6.07) is 7.20. The van der Waals surface area contributed by atoms with E-state index in [0.717, 1.165) is 5.56 Å². The average molecular weight is 426 g/mol. The number of carbonyl (C=O) groups is 2. The highest BCUT2D eigenvalue weighted by Crippen LogP contribution is 2.29. The number of hydrogen-bond donors (Lipinski definition) is 1. The molecule has 1 N–H and O–H groups in total. The molecule has 0 fully saturated rings. The zero-order valence-corrected chi connectivity index (χ0v) is 16.4. The third-order valence-electron chi connectivity index (χ3n) is 4.25. The van der Waals surface area contributed by atoms with E-state index in [1.54, 1.807) is 41.5 Å². The van der Waals surface area contributed by atoms with E-state index in [0.29, 0.717) is 17.6 Å². The van der Waals surface area contributed by atoms with E-state index < -0.39 is 11.7 Å². The maximum absolute atomic E-state index is 12.9. The van der Waals surface area contributed by atoms with Crippen molar-refractivity contribution in [3.05, 3.63) is 82.6 Å². The number of anilines is 1.